The molecule has 4 heteroatoms. The summed E-state index contributed by atoms with van der Waals surface area (Å²) < 4.78 is 5.10. The highest BCUT2D eigenvalue weighted by molar-refractivity contribution is 8.02. The van der Waals surface area contributed by atoms with Crippen LogP contribution in [-0.2, 0) is 16.0 Å². The van der Waals surface area contributed by atoms with Gasteiger partial charge in [-0.2, -0.15) is 0 Å². The second-order valence-corrected chi connectivity index (χ2v) is 7.60. The fourth-order valence-corrected chi connectivity index (χ4v) is 3.81. The Morgan fingerprint density at radius 1 is 1.26 bits per heavy atom. The van der Waals surface area contributed by atoms with Crippen molar-refractivity contribution in [3.05, 3.63) is 70.2 Å². The molecule has 0 aliphatic heterocycles. The zero-order valence-corrected chi connectivity index (χ0v) is 17.5. The normalized spacial score (nSPS) is 14.9. The highest BCUT2D eigenvalue weighted by atomic mass is 32.2. The summed E-state index contributed by atoms with van der Waals surface area (Å²) in [5, 5.41) is 3.13. The third-order valence-electron chi connectivity index (χ3n) is 4.70. The molecule has 0 heterocycles. The lowest BCUT2D eigenvalue weighted by atomic mass is 10.0. The van der Waals surface area contributed by atoms with Crippen LogP contribution in [0.25, 0.3) is 0 Å². The summed E-state index contributed by atoms with van der Waals surface area (Å²) in [6.07, 6.45) is 15.0. The van der Waals surface area contributed by atoms with E-state index in [1.165, 1.54) is 16.0 Å². The first-order chi connectivity index (χ1) is 13.1. The maximum atomic E-state index is 12.4. The number of carbonyl (C=O) groups excluding carboxylic acids is 1. The predicted molar refractivity (Wildman–Crippen MR) is 116 cm³/mol. The molecule has 27 heavy (non-hydrogen) atoms. The fourth-order valence-electron chi connectivity index (χ4n) is 3.11. The van der Waals surface area contributed by atoms with Gasteiger partial charge in [-0.3, -0.25) is 4.79 Å². The molecule has 1 amide bonds. The van der Waals surface area contributed by atoms with Gasteiger partial charge in [0.1, 0.15) is 0 Å². The maximum Gasteiger partial charge on any atom is 0.220 e. The van der Waals surface area contributed by atoms with E-state index in [4.69, 9.17) is 4.74 Å². The van der Waals surface area contributed by atoms with Crippen molar-refractivity contribution in [2.24, 2.45) is 0 Å². The van der Waals surface area contributed by atoms with Crippen molar-refractivity contribution in [1.82, 2.24) is 5.32 Å². The summed E-state index contributed by atoms with van der Waals surface area (Å²) in [6.45, 7) is 2.83. The third kappa shape index (κ3) is 7.39. The van der Waals surface area contributed by atoms with Crippen molar-refractivity contribution in [1.29, 1.82) is 0 Å². The summed E-state index contributed by atoms with van der Waals surface area (Å²) >= 11 is 1.75. The quantitative estimate of drug-likeness (QED) is 0.551. The second kappa shape index (κ2) is 11.8. The topological polar surface area (TPSA) is 38.3 Å². The van der Waals surface area contributed by atoms with E-state index in [1.807, 2.05) is 6.92 Å². The number of aryl methyl sites for hydroxylation is 1. The smallest absolute Gasteiger partial charge is 0.220 e. The third-order valence-corrected chi connectivity index (χ3v) is 5.57. The predicted octanol–water partition coefficient (Wildman–Crippen LogP) is 5.36. The number of hydrogen-bond donors (Lipinski definition) is 1. The van der Waals surface area contributed by atoms with Crippen LogP contribution in [0.2, 0.25) is 0 Å². The molecule has 3 nitrogen and oxygen atoms in total. The summed E-state index contributed by atoms with van der Waals surface area (Å²) in [6, 6.07) is 8.53. The number of carbonyl (C=O) groups is 1. The van der Waals surface area contributed by atoms with Crippen molar-refractivity contribution in [3.8, 4) is 0 Å². The molecule has 1 aliphatic carbocycles. The van der Waals surface area contributed by atoms with Crippen LogP contribution in [0.4, 0.5) is 0 Å². The SMILES string of the molecule is COCCCc1ccc(C(C)NC(=O)CCC2=CC=CCC=C2SC)cc1. The standard InChI is InChI=1S/C23H31NO2S/c1-18(20-13-11-19(12-14-20)8-7-17-26-2)24-23(25)16-15-21-9-5-4-6-10-22(21)27-3/h4-5,9-14,18H,6-8,15-17H2,1-3H3,(H,24,25). The molecule has 0 radical (unpaired) electrons. The number of nitrogens with one attached hydrogen (secondary N) is 1. The van der Waals surface area contributed by atoms with Gasteiger partial charge in [-0.15, -0.1) is 11.8 Å². The van der Waals surface area contributed by atoms with E-state index in [-0.39, 0.29) is 11.9 Å². The van der Waals surface area contributed by atoms with Crippen molar-refractivity contribution in [3.63, 3.8) is 0 Å². The molecule has 0 saturated carbocycles. The Kier molecular flexibility index (Phi) is 9.43. The summed E-state index contributed by atoms with van der Waals surface area (Å²) in [7, 11) is 1.73. The van der Waals surface area contributed by atoms with Gasteiger partial charge >= 0.3 is 0 Å². The Morgan fingerprint density at radius 2 is 2.04 bits per heavy atom. The van der Waals surface area contributed by atoms with Crippen LogP contribution < -0.4 is 5.32 Å². The van der Waals surface area contributed by atoms with Crippen LogP contribution in [0.1, 0.15) is 49.8 Å². The van der Waals surface area contributed by atoms with E-state index in [1.54, 1.807) is 18.9 Å². The molecule has 0 aromatic heterocycles. The van der Waals surface area contributed by atoms with Crippen LogP contribution in [0.5, 0.6) is 0 Å². The Bertz CT molecular complexity index is 689. The highest BCUT2D eigenvalue weighted by Gasteiger charge is 2.12. The van der Waals surface area contributed by atoms with E-state index in [9.17, 15) is 4.79 Å². The minimum atomic E-state index is 0.0177. The van der Waals surface area contributed by atoms with Crippen molar-refractivity contribution >= 4 is 17.7 Å². The van der Waals surface area contributed by atoms with Gasteiger partial charge in [-0.1, -0.05) is 48.6 Å². The van der Waals surface area contributed by atoms with Crippen molar-refractivity contribution in [2.75, 3.05) is 20.0 Å². The lowest BCUT2D eigenvalue weighted by Gasteiger charge is -2.16. The monoisotopic (exact) mass is 385 g/mol. The number of hydrogen-bond acceptors (Lipinski definition) is 3. The summed E-state index contributed by atoms with van der Waals surface area (Å²) in [4.78, 5) is 13.7. The number of thioether (sulfide) groups is 1. The van der Waals surface area contributed by atoms with Crippen LogP contribution in [0, 0.1) is 0 Å². The van der Waals surface area contributed by atoms with Gasteiger partial charge in [0, 0.05) is 25.0 Å². The summed E-state index contributed by atoms with van der Waals surface area (Å²) in [5.74, 6) is 0.0984. The fraction of sp³-hybridized carbons (Fsp3) is 0.435. The molecule has 1 N–H and O–H groups in total. The molecule has 2 rings (SSSR count). The molecular formula is C23H31NO2S. The Hall–Kier alpha value is -1.78. The minimum Gasteiger partial charge on any atom is -0.385 e. The molecule has 1 aromatic carbocycles. The molecular weight excluding hydrogens is 354 g/mol. The molecule has 1 unspecified atom stereocenters. The van der Waals surface area contributed by atoms with Gasteiger partial charge in [-0.25, -0.2) is 0 Å². The number of rotatable bonds is 10. The molecule has 0 saturated heterocycles. The molecule has 0 spiro atoms. The van der Waals surface area contributed by atoms with Gasteiger partial charge in [-0.05, 0) is 55.6 Å². The Balaban J connectivity index is 1.82. The first-order valence-electron chi connectivity index (χ1n) is 9.61. The average molecular weight is 386 g/mol. The van der Waals surface area contributed by atoms with Gasteiger partial charge in [0.15, 0.2) is 0 Å². The van der Waals surface area contributed by atoms with Crippen LogP contribution in [0.3, 0.4) is 0 Å². The molecule has 1 atom stereocenters. The zero-order chi connectivity index (χ0) is 19.5. The molecule has 1 aromatic rings. The lowest BCUT2D eigenvalue weighted by molar-refractivity contribution is -0.121. The average Bonchev–Trinajstić information content (AvgIpc) is 2.92. The maximum absolute atomic E-state index is 12.4. The van der Waals surface area contributed by atoms with E-state index in [0.717, 1.165) is 37.9 Å². The number of benzene rings is 1. The molecule has 146 valence electrons. The van der Waals surface area contributed by atoms with Crippen LogP contribution >= 0.6 is 11.8 Å². The van der Waals surface area contributed by atoms with Gasteiger partial charge in [0.25, 0.3) is 0 Å². The van der Waals surface area contributed by atoms with Gasteiger partial charge < -0.3 is 10.1 Å². The second-order valence-electron chi connectivity index (χ2n) is 6.76. The van der Waals surface area contributed by atoms with Crippen molar-refractivity contribution < 1.29 is 9.53 Å². The van der Waals surface area contributed by atoms with Gasteiger partial charge in [0.2, 0.25) is 5.91 Å². The zero-order valence-electron chi connectivity index (χ0n) is 16.7. The van der Waals surface area contributed by atoms with Crippen LogP contribution in [0.15, 0.2) is 59.0 Å². The number of allylic oxidation sites excluding steroid dienone is 5. The molecule has 0 fully saturated rings. The number of ether oxygens (including phenoxy) is 1. The number of amides is 1. The van der Waals surface area contributed by atoms with E-state index < -0.39 is 0 Å². The highest BCUT2D eigenvalue weighted by Crippen LogP contribution is 2.27. The first-order valence-corrected chi connectivity index (χ1v) is 10.8. The van der Waals surface area contributed by atoms with Crippen molar-refractivity contribution in [2.45, 2.75) is 45.1 Å². The Labute approximate surface area is 168 Å². The minimum absolute atomic E-state index is 0.0177. The van der Waals surface area contributed by atoms with E-state index in [2.05, 4.69) is 60.1 Å². The first kappa shape index (κ1) is 21.5. The lowest BCUT2D eigenvalue weighted by Crippen LogP contribution is -2.26. The van der Waals surface area contributed by atoms with Crippen LogP contribution in [-0.4, -0.2) is 25.9 Å². The molecule has 0 bridgehead atoms. The van der Waals surface area contributed by atoms with Gasteiger partial charge in [0.05, 0.1) is 6.04 Å². The Morgan fingerprint density at radius 3 is 2.74 bits per heavy atom. The molecule has 1 aliphatic rings. The van der Waals surface area contributed by atoms with E-state index in [0.29, 0.717) is 6.42 Å². The number of methoxy groups -OCH3 is 1. The largest absolute Gasteiger partial charge is 0.385 e. The summed E-state index contributed by atoms with van der Waals surface area (Å²) in [5.41, 5.74) is 3.69. The van der Waals surface area contributed by atoms with E-state index >= 15 is 0 Å².